The first-order valence-corrected chi connectivity index (χ1v) is 13.3. The highest BCUT2D eigenvalue weighted by Gasteiger charge is 2.34. The lowest BCUT2D eigenvalue weighted by Crippen LogP contribution is -2.30. The number of aryl methyl sites for hydroxylation is 2. The van der Waals surface area contributed by atoms with Crippen LogP contribution in [0.1, 0.15) is 22.6 Å². The van der Waals surface area contributed by atoms with Gasteiger partial charge in [-0.05, 0) is 78.7 Å². The Kier molecular flexibility index (Phi) is 7.48. The number of anilines is 1. The number of benzene rings is 3. The minimum Gasteiger partial charge on any atom is -0.263 e. The molecule has 1 aliphatic heterocycles. The van der Waals surface area contributed by atoms with Crippen molar-refractivity contribution in [1.82, 2.24) is 3.82 Å². The molecule has 0 fully saturated rings. The summed E-state index contributed by atoms with van der Waals surface area (Å²) < 4.78 is 27.4. The van der Waals surface area contributed by atoms with Crippen molar-refractivity contribution in [3.63, 3.8) is 0 Å². The van der Waals surface area contributed by atoms with Crippen molar-refractivity contribution in [2.24, 2.45) is 5.10 Å². The Morgan fingerprint density at radius 1 is 0.971 bits per heavy atom. The Balaban J connectivity index is 1.70. The van der Waals surface area contributed by atoms with Crippen molar-refractivity contribution in [3.05, 3.63) is 92.4 Å². The molecule has 1 atom stereocenters. The van der Waals surface area contributed by atoms with E-state index in [2.05, 4.69) is 0 Å². The molecular weight excluding hydrogens is 536 g/mol. The van der Waals surface area contributed by atoms with Gasteiger partial charge in [-0.2, -0.15) is 5.10 Å². The van der Waals surface area contributed by atoms with E-state index in [0.717, 1.165) is 15.0 Å². The van der Waals surface area contributed by atoms with Gasteiger partial charge in [0, 0.05) is 16.0 Å². The van der Waals surface area contributed by atoms with E-state index in [-0.39, 0.29) is 17.4 Å². The first kappa shape index (κ1) is 25.3. The molecule has 5 nitrogen and oxygen atoms in total. The Morgan fingerprint density at radius 2 is 1.65 bits per heavy atom. The lowest BCUT2D eigenvalue weighted by Gasteiger charge is -2.19. The van der Waals surface area contributed by atoms with E-state index in [9.17, 15) is 8.42 Å². The topological polar surface area (TPSA) is 53.0 Å². The van der Waals surface area contributed by atoms with Crippen molar-refractivity contribution in [1.29, 1.82) is 0 Å². The van der Waals surface area contributed by atoms with E-state index in [0.29, 0.717) is 38.6 Å². The maximum absolute atomic E-state index is 13.3. The monoisotopic (exact) mass is 555 g/mol. The Hall–Kier alpha value is -1.80. The third-order valence-electron chi connectivity index (χ3n) is 5.64. The quantitative estimate of drug-likeness (QED) is 0.305. The van der Waals surface area contributed by atoms with Gasteiger partial charge < -0.3 is 0 Å². The van der Waals surface area contributed by atoms with Crippen LogP contribution in [0, 0.1) is 13.8 Å². The van der Waals surface area contributed by atoms with E-state index < -0.39 is 10.0 Å². The first-order valence-electron chi connectivity index (χ1n) is 10.4. The SMILES string of the molecule is Cc1ccc(C)c(S(=O)(=O)N(Cl)CC2=NN(c3ccc(Cl)cc3Cl)C[C@@H]2c2ccc(Cl)cc2)c1. The van der Waals surface area contributed by atoms with Gasteiger partial charge in [0.1, 0.15) is 0 Å². The predicted molar refractivity (Wildman–Crippen MR) is 141 cm³/mol. The molecule has 3 aromatic carbocycles. The van der Waals surface area contributed by atoms with E-state index in [4.69, 9.17) is 51.7 Å². The highest BCUT2D eigenvalue weighted by atomic mass is 35.5. The van der Waals surface area contributed by atoms with Crippen molar-refractivity contribution < 1.29 is 8.42 Å². The molecule has 0 saturated carbocycles. The van der Waals surface area contributed by atoms with Crippen LogP contribution in [0.4, 0.5) is 5.69 Å². The van der Waals surface area contributed by atoms with Crippen LogP contribution in [0.25, 0.3) is 0 Å². The molecule has 0 spiro atoms. The van der Waals surface area contributed by atoms with Gasteiger partial charge >= 0.3 is 0 Å². The third-order valence-corrected chi connectivity index (χ3v) is 8.74. The number of nitrogens with zero attached hydrogens (tertiary/aromatic N) is 3. The van der Waals surface area contributed by atoms with Gasteiger partial charge in [0.25, 0.3) is 10.0 Å². The maximum atomic E-state index is 13.3. The van der Waals surface area contributed by atoms with Gasteiger partial charge in [0.15, 0.2) is 0 Å². The Labute approximate surface area is 219 Å². The molecule has 0 N–H and O–H groups in total. The number of hydrogen-bond donors (Lipinski definition) is 0. The second-order valence-corrected chi connectivity index (χ2v) is 11.8. The summed E-state index contributed by atoms with van der Waals surface area (Å²) in [6, 6.07) is 17.8. The smallest absolute Gasteiger partial charge is 0.257 e. The van der Waals surface area contributed by atoms with Crippen molar-refractivity contribution in [2.75, 3.05) is 18.1 Å². The molecule has 0 radical (unpaired) electrons. The molecule has 3 aromatic rings. The van der Waals surface area contributed by atoms with Crippen LogP contribution in [-0.2, 0) is 10.0 Å². The average molecular weight is 557 g/mol. The van der Waals surface area contributed by atoms with Crippen molar-refractivity contribution >= 4 is 68.0 Å². The van der Waals surface area contributed by atoms with Gasteiger partial charge in [-0.1, -0.05) is 59.1 Å². The van der Waals surface area contributed by atoms with Crippen LogP contribution in [0.3, 0.4) is 0 Å². The molecule has 178 valence electrons. The standard InChI is InChI=1S/C24H21Cl4N3O2S/c1-15-3-4-16(2)24(11-15)34(32,33)31(28)14-22-20(17-5-7-18(25)8-6-17)13-30(29-22)23-10-9-19(26)12-21(23)27/h3-12,20H,13-14H2,1-2H3/t20-/m1/s1. The van der Waals surface area contributed by atoms with E-state index >= 15 is 0 Å². The number of sulfonamides is 1. The van der Waals surface area contributed by atoms with E-state index in [1.165, 1.54) is 0 Å². The zero-order chi connectivity index (χ0) is 24.6. The van der Waals surface area contributed by atoms with Crippen molar-refractivity contribution in [2.45, 2.75) is 24.7 Å². The molecule has 1 aliphatic rings. The molecule has 0 unspecified atom stereocenters. The van der Waals surface area contributed by atoms with Gasteiger partial charge in [0.05, 0.1) is 34.4 Å². The predicted octanol–water partition coefficient (Wildman–Crippen LogP) is 7.07. The minimum atomic E-state index is -3.95. The van der Waals surface area contributed by atoms with Crippen LogP contribution >= 0.6 is 46.6 Å². The molecule has 0 saturated heterocycles. The zero-order valence-electron chi connectivity index (χ0n) is 18.3. The van der Waals surface area contributed by atoms with Crippen LogP contribution in [0.5, 0.6) is 0 Å². The van der Waals surface area contributed by atoms with Crippen LogP contribution in [-0.4, -0.2) is 31.0 Å². The number of hydrazone groups is 1. The molecular formula is C24H21Cl4N3O2S. The largest absolute Gasteiger partial charge is 0.263 e. The second-order valence-electron chi connectivity index (χ2n) is 8.09. The normalized spacial score (nSPS) is 16.3. The Bertz CT molecular complexity index is 1360. The van der Waals surface area contributed by atoms with Gasteiger partial charge in [-0.15, -0.1) is 3.82 Å². The summed E-state index contributed by atoms with van der Waals surface area (Å²) in [5, 5.41) is 8.01. The summed E-state index contributed by atoms with van der Waals surface area (Å²) in [6.45, 7) is 3.92. The summed E-state index contributed by atoms with van der Waals surface area (Å²) >= 11 is 25.0. The number of hydrogen-bond acceptors (Lipinski definition) is 4. The molecule has 0 bridgehead atoms. The highest BCUT2D eigenvalue weighted by molar-refractivity contribution is 7.90. The van der Waals surface area contributed by atoms with Gasteiger partial charge in [0.2, 0.25) is 0 Å². The minimum absolute atomic E-state index is 0.105. The first-order chi connectivity index (χ1) is 16.1. The highest BCUT2D eigenvalue weighted by Crippen LogP contribution is 2.36. The molecule has 0 aromatic heterocycles. The molecule has 34 heavy (non-hydrogen) atoms. The maximum Gasteiger partial charge on any atom is 0.257 e. The lowest BCUT2D eigenvalue weighted by molar-refractivity contribution is 0.553. The van der Waals surface area contributed by atoms with E-state index in [1.807, 2.05) is 25.1 Å². The van der Waals surface area contributed by atoms with Crippen LogP contribution in [0.15, 0.2) is 70.7 Å². The fraction of sp³-hybridized carbons (Fsp3) is 0.208. The molecule has 4 rings (SSSR count). The lowest BCUT2D eigenvalue weighted by atomic mass is 9.95. The fourth-order valence-corrected chi connectivity index (χ4v) is 6.13. The van der Waals surface area contributed by atoms with Crippen LogP contribution < -0.4 is 5.01 Å². The van der Waals surface area contributed by atoms with Crippen LogP contribution in [0.2, 0.25) is 15.1 Å². The summed E-state index contributed by atoms with van der Waals surface area (Å²) in [4.78, 5) is 0.168. The molecule has 10 heteroatoms. The third kappa shape index (κ3) is 5.23. The second kappa shape index (κ2) is 10.1. The summed E-state index contributed by atoms with van der Waals surface area (Å²) in [7, 11) is -3.95. The number of rotatable bonds is 6. The summed E-state index contributed by atoms with van der Waals surface area (Å²) in [5.74, 6) is -0.223. The summed E-state index contributed by atoms with van der Waals surface area (Å²) in [6.07, 6.45) is 0. The van der Waals surface area contributed by atoms with Gasteiger partial charge in [-0.3, -0.25) is 5.01 Å². The fourth-order valence-electron chi connectivity index (χ4n) is 3.83. The molecule has 1 heterocycles. The van der Waals surface area contributed by atoms with Crippen molar-refractivity contribution in [3.8, 4) is 0 Å². The molecule has 0 amide bonds. The Morgan fingerprint density at radius 3 is 2.32 bits per heavy atom. The summed E-state index contributed by atoms with van der Waals surface area (Å²) in [5.41, 5.74) is 3.63. The van der Waals surface area contributed by atoms with E-state index in [1.54, 1.807) is 54.4 Å². The van der Waals surface area contributed by atoms with Gasteiger partial charge in [-0.25, -0.2) is 8.42 Å². The zero-order valence-corrected chi connectivity index (χ0v) is 22.2. The number of halogens is 4. The average Bonchev–Trinajstić information content (AvgIpc) is 3.19. The molecule has 0 aliphatic carbocycles.